The molecule has 1 saturated carbocycles. The van der Waals surface area contributed by atoms with E-state index in [4.69, 9.17) is 5.73 Å². The van der Waals surface area contributed by atoms with E-state index in [-0.39, 0.29) is 24.2 Å². The first-order chi connectivity index (χ1) is 5.09. The van der Waals surface area contributed by atoms with Crippen molar-refractivity contribution < 1.29 is 4.79 Å². The van der Waals surface area contributed by atoms with Gasteiger partial charge in [-0.3, -0.25) is 0 Å². The lowest BCUT2D eigenvalue weighted by Crippen LogP contribution is -2.41. The van der Waals surface area contributed by atoms with Crippen molar-refractivity contribution in [3.05, 3.63) is 0 Å². The fourth-order valence-electron chi connectivity index (χ4n) is 0.853. The third kappa shape index (κ3) is 2.76. The Morgan fingerprint density at radius 3 is 2.55 bits per heavy atom. The summed E-state index contributed by atoms with van der Waals surface area (Å²) in [6.07, 6.45) is 0.908. The number of rotatable bonds is 2. The highest BCUT2D eigenvalue weighted by Gasteiger charge is 2.34. The third-order valence-corrected chi connectivity index (χ3v) is 1.58. The molecule has 2 atom stereocenters. The van der Waals surface area contributed by atoms with Gasteiger partial charge in [-0.15, -0.1) is 0 Å². The minimum Gasteiger partial charge on any atom is -0.336 e. The second kappa shape index (κ2) is 3.09. The molecule has 0 bridgehead atoms. The molecular weight excluding hydrogens is 142 g/mol. The Morgan fingerprint density at radius 1 is 1.64 bits per heavy atom. The first-order valence-corrected chi connectivity index (χ1v) is 3.92. The molecule has 64 valence electrons. The van der Waals surface area contributed by atoms with Gasteiger partial charge in [-0.05, 0) is 20.3 Å². The van der Waals surface area contributed by atoms with Crippen molar-refractivity contribution in [2.75, 3.05) is 0 Å². The second-order valence-electron chi connectivity index (χ2n) is 3.28. The molecule has 0 aliphatic heterocycles. The predicted octanol–water partition coefficient (Wildman–Crippen LogP) is -0.206. The zero-order valence-corrected chi connectivity index (χ0v) is 6.92. The van der Waals surface area contributed by atoms with Crippen LogP contribution in [0.2, 0.25) is 0 Å². The summed E-state index contributed by atoms with van der Waals surface area (Å²) in [5, 5.41) is 5.49. The Bertz CT molecular complexity index is 158. The summed E-state index contributed by atoms with van der Waals surface area (Å²) in [4.78, 5) is 11.0. The first kappa shape index (κ1) is 8.33. The van der Waals surface area contributed by atoms with Gasteiger partial charge in [0, 0.05) is 18.1 Å². The minimum atomic E-state index is -0.113. The topological polar surface area (TPSA) is 67.2 Å². The molecule has 4 N–H and O–H groups in total. The van der Waals surface area contributed by atoms with Crippen molar-refractivity contribution in [3.8, 4) is 0 Å². The molecule has 1 aliphatic rings. The normalized spacial score (nSPS) is 28.4. The van der Waals surface area contributed by atoms with Gasteiger partial charge < -0.3 is 16.4 Å². The van der Waals surface area contributed by atoms with Crippen LogP contribution >= 0.6 is 0 Å². The van der Waals surface area contributed by atoms with Gasteiger partial charge in [0.15, 0.2) is 0 Å². The number of carbonyl (C=O) groups excluding carboxylic acids is 1. The summed E-state index contributed by atoms with van der Waals surface area (Å²) >= 11 is 0. The van der Waals surface area contributed by atoms with E-state index >= 15 is 0 Å². The van der Waals surface area contributed by atoms with Gasteiger partial charge in [0.2, 0.25) is 0 Å². The molecule has 0 aromatic heterocycles. The van der Waals surface area contributed by atoms with Crippen LogP contribution in [0.1, 0.15) is 20.3 Å². The molecule has 0 radical (unpaired) electrons. The van der Waals surface area contributed by atoms with Crippen LogP contribution in [0.4, 0.5) is 4.79 Å². The van der Waals surface area contributed by atoms with Crippen LogP contribution in [-0.4, -0.2) is 24.2 Å². The molecule has 0 spiro atoms. The summed E-state index contributed by atoms with van der Waals surface area (Å²) in [6, 6.07) is 0.449. The van der Waals surface area contributed by atoms with E-state index in [2.05, 4.69) is 10.6 Å². The van der Waals surface area contributed by atoms with Crippen LogP contribution in [-0.2, 0) is 0 Å². The van der Waals surface area contributed by atoms with Crippen LogP contribution in [0.15, 0.2) is 0 Å². The zero-order valence-electron chi connectivity index (χ0n) is 6.92. The molecule has 0 aromatic rings. The fourth-order valence-corrected chi connectivity index (χ4v) is 0.853. The Hall–Kier alpha value is -0.770. The van der Waals surface area contributed by atoms with E-state index in [0.29, 0.717) is 0 Å². The summed E-state index contributed by atoms with van der Waals surface area (Å²) in [5.74, 6) is 0. The maximum Gasteiger partial charge on any atom is 0.315 e. The molecule has 1 aliphatic carbocycles. The van der Waals surface area contributed by atoms with Crippen molar-refractivity contribution in [1.82, 2.24) is 10.6 Å². The van der Waals surface area contributed by atoms with Crippen LogP contribution in [0, 0.1) is 0 Å². The standard InChI is InChI=1S/C7H15N3O/c1-4(2)9-7(11)10-6-3-5(6)8/h4-6H,3,8H2,1-2H3,(H2,9,10,11). The van der Waals surface area contributed by atoms with Crippen LogP contribution in [0.3, 0.4) is 0 Å². The van der Waals surface area contributed by atoms with E-state index in [0.717, 1.165) is 6.42 Å². The van der Waals surface area contributed by atoms with Gasteiger partial charge in [0.1, 0.15) is 0 Å². The van der Waals surface area contributed by atoms with E-state index in [1.165, 1.54) is 0 Å². The Morgan fingerprint density at radius 2 is 2.18 bits per heavy atom. The smallest absolute Gasteiger partial charge is 0.315 e. The molecule has 4 heteroatoms. The summed E-state index contributed by atoms with van der Waals surface area (Å²) in [6.45, 7) is 3.85. The third-order valence-electron chi connectivity index (χ3n) is 1.58. The molecule has 0 heterocycles. The molecule has 0 saturated heterocycles. The molecule has 11 heavy (non-hydrogen) atoms. The van der Waals surface area contributed by atoms with Gasteiger partial charge >= 0.3 is 6.03 Å². The number of amides is 2. The maximum absolute atomic E-state index is 11.0. The molecule has 4 nitrogen and oxygen atoms in total. The van der Waals surface area contributed by atoms with E-state index in [1.54, 1.807) is 0 Å². The summed E-state index contributed by atoms with van der Waals surface area (Å²) in [7, 11) is 0. The zero-order chi connectivity index (χ0) is 8.43. The molecule has 1 fully saturated rings. The van der Waals surface area contributed by atoms with Crippen LogP contribution in [0.5, 0.6) is 0 Å². The predicted molar refractivity (Wildman–Crippen MR) is 43.2 cm³/mol. The second-order valence-corrected chi connectivity index (χ2v) is 3.28. The number of urea groups is 1. The van der Waals surface area contributed by atoms with Gasteiger partial charge in [-0.25, -0.2) is 4.79 Å². The highest BCUT2D eigenvalue weighted by atomic mass is 16.2. The number of hydrogen-bond acceptors (Lipinski definition) is 2. The fraction of sp³-hybridized carbons (Fsp3) is 0.857. The van der Waals surface area contributed by atoms with E-state index in [9.17, 15) is 4.79 Å². The lowest BCUT2D eigenvalue weighted by molar-refractivity contribution is 0.238. The number of carbonyl (C=O) groups is 1. The quantitative estimate of drug-likeness (QED) is 0.519. The highest BCUT2D eigenvalue weighted by molar-refractivity contribution is 5.75. The number of nitrogens with one attached hydrogen (secondary N) is 2. The molecule has 1 rings (SSSR count). The molecule has 2 unspecified atom stereocenters. The van der Waals surface area contributed by atoms with Crippen molar-refractivity contribution in [1.29, 1.82) is 0 Å². The Balaban J connectivity index is 2.11. The minimum absolute atomic E-state index is 0.113. The lowest BCUT2D eigenvalue weighted by Gasteiger charge is -2.08. The monoisotopic (exact) mass is 157 g/mol. The largest absolute Gasteiger partial charge is 0.336 e. The SMILES string of the molecule is CC(C)NC(=O)NC1CC1N. The average molecular weight is 157 g/mol. The van der Waals surface area contributed by atoms with Crippen LogP contribution < -0.4 is 16.4 Å². The van der Waals surface area contributed by atoms with Gasteiger partial charge in [-0.2, -0.15) is 0 Å². The van der Waals surface area contributed by atoms with E-state index < -0.39 is 0 Å². The van der Waals surface area contributed by atoms with Gasteiger partial charge in [0.05, 0.1) is 0 Å². The van der Waals surface area contributed by atoms with Crippen molar-refractivity contribution in [2.45, 2.75) is 38.4 Å². The van der Waals surface area contributed by atoms with Gasteiger partial charge in [0.25, 0.3) is 0 Å². The Kier molecular flexibility index (Phi) is 2.34. The summed E-state index contributed by atoms with van der Waals surface area (Å²) < 4.78 is 0. The van der Waals surface area contributed by atoms with E-state index in [1.807, 2.05) is 13.8 Å². The highest BCUT2D eigenvalue weighted by Crippen LogP contribution is 2.17. The molecular formula is C7H15N3O. The van der Waals surface area contributed by atoms with Crippen LogP contribution in [0.25, 0.3) is 0 Å². The van der Waals surface area contributed by atoms with Gasteiger partial charge in [-0.1, -0.05) is 0 Å². The molecule has 0 aromatic carbocycles. The first-order valence-electron chi connectivity index (χ1n) is 3.92. The number of hydrogen-bond donors (Lipinski definition) is 3. The Labute approximate surface area is 66.5 Å². The maximum atomic E-state index is 11.0. The summed E-state index contributed by atoms with van der Waals surface area (Å²) in [5.41, 5.74) is 5.50. The van der Waals surface area contributed by atoms with Crippen molar-refractivity contribution >= 4 is 6.03 Å². The lowest BCUT2D eigenvalue weighted by atomic mass is 10.4. The average Bonchev–Trinajstić information content (AvgIpc) is 2.43. The van der Waals surface area contributed by atoms with Crippen molar-refractivity contribution in [2.24, 2.45) is 5.73 Å². The van der Waals surface area contributed by atoms with Crippen molar-refractivity contribution in [3.63, 3.8) is 0 Å². The molecule has 2 amide bonds. The number of nitrogens with two attached hydrogens (primary N) is 1.